The second-order valence-corrected chi connectivity index (χ2v) is 5.08. The molecule has 0 aromatic heterocycles. The molecule has 1 heterocycles. The van der Waals surface area contributed by atoms with Crippen LogP contribution >= 0.6 is 11.6 Å². The molecule has 2 bridgehead atoms. The summed E-state index contributed by atoms with van der Waals surface area (Å²) in [5, 5.41) is 2.33. The molecule has 3 nitrogen and oxygen atoms in total. The van der Waals surface area contributed by atoms with Crippen LogP contribution in [-0.2, 0) is 9.59 Å². The Bertz CT molecular complexity index is 300. The fourth-order valence-corrected chi connectivity index (χ4v) is 2.75. The molecule has 1 aliphatic carbocycles. The Hall–Kier alpha value is -0.570. The summed E-state index contributed by atoms with van der Waals surface area (Å²) in [6.45, 7) is 3.79. The smallest absolute Gasteiger partial charge is 0.248 e. The molecule has 0 aromatic rings. The molecule has 1 saturated heterocycles. The zero-order valence-electron chi connectivity index (χ0n) is 7.69. The van der Waals surface area contributed by atoms with Crippen molar-refractivity contribution in [2.45, 2.75) is 31.6 Å². The van der Waals surface area contributed by atoms with Crippen molar-refractivity contribution in [3.8, 4) is 0 Å². The van der Waals surface area contributed by atoms with E-state index in [0.29, 0.717) is 12.8 Å². The van der Waals surface area contributed by atoms with Crippen LogP contribution in [0.4, 0.5) is 0 Å². The predicted molar refractivity (Wildman–Crippen MR) is 48.2 cm³/mol. The van der Waals surface area contributed by atoms with Crippen molar-refractivity contribution >= 4 is 23.4 Å². The zero-order valence-corrected chi connectivity index (χ0v) is 8.44. The van der Waals surface area contributed by atoms with E-state index in [1.165, 1.54) is 0 Å². The van der Waals surface area contributed by atoms with Gasteiger partial charge >= 0.3 is 0 Å². The van der Waals surface area contributed by atoms with Gasteiger partial charge in [0.2, 0.25) is 11.8 Å². The second-order valence-electron chi connectivity index (χ2n) is 4.43. The van der Waals surface area contributed by atoms with Crippen LogP contribution in [0.2, 0.25) is 0 Å². The maximum atomic E-state index is 11.5. The van der Waals surface area contributed by atoms with E-state index in [-0.39, 0.29) is 17.7 Å². The van der Waals surface area contributed by atoms with E-state index in [1.807, 2.05) is 13.8 Å². The van der Waals surface area contributed by atoms with Crippen molar-refractivity contribution in [2.75, 3.05) is 0 Å². The first kappa shape index (κ1) is 9.00. The van der Waals surface area contributed by atoms with E-state index in [2.05, 4.69) is 5.32 Å². The van der Waals surface area contributed by atoms with Gasteiger partial charge in [-0.1, -0.05) is 13.8 Å². The molecule has 2 amide bonds. The first-order valence-electron chi connectivity index (χ1n) is 4.44. The molecule has 2 unspecified atom stereocenters. The van der Waals surface area contributed by atoms with Gasteiger partial charge in [-0.05, 0) is 12.8 Å². The van der Waals surface area contributed by atoms with Crippen molar-refractivity contribution in [3.05, 3.63) is 0 Å². The van der Waals surface area contributed by atoms with Crippen molar-refractivity contribution in [1.29, 1.82) is 0 Å². The predicted octanol–water partition coefficient (Wildman–Crippen LogP) is 1.06. The molecule has 0 aromatic carbocycles. The number of imide groups is 1. The summed E-state index contributed by atoms with van der Waals surface area (Å²) in [7, 11) is 0. The Labute approximate surface area is 81.8 Å². The first-order valence-corrected chi connectivity index (χ1v) is 4.81. The number of alkyl halides is 1. The van der Waals surface area contributed by atoms with Crippen LogP contribution in [0.5, 0.6) is 0 Å². The monoisotopic (exact) mass is 201 g/mol. The van der Waals surface area contributed by atoms with Crippen molar-refractivity contribution < 1.29 is 9.59 Å². The van der Waals surface area contributed by atoms with Gasteiger partial charge in [0, 0.05) is 11.3 Å². The largest absolute Gasteiger partial charge is 0.295 e. The highest BCUT2D eigenvalue weighted by molar-refractivity contribution is 6.38. The molecule has 4 heteroatoms. The zero-order chi connectivity index (χ0) is 9.85. The topological polar surface area (TPSA) is 46.2 Å². The van der Waals surface area contributed by atoms with Gasteiger partial charge in [0.1, 0.15) is 4.87 Å². The summed E-state index contributed by atoms with van der Waals surface area (Å²) in [5.41, 5.74) is -0.409. The van der Waals surface area contributed by atoms with E-state index in [0.717, 1.165) is 0 Å². The number of hydrogen-bond donors (Lipinski definition) is 1. The normalized spacial score (nSPS) is 41.9. The van der Waals surface area contributed by atoms with Crippen LogP contribution < -0.4 is 5.32 Å². The number of rotatable bonds is 0. The summed E-state index contributed by atoms with van der Waals surface area (Å²) in [4.78, 5) is 22.1. The third-order valence-corrected chi connectivity index (χ3v) is 4.43. The highest BCUT2D eigenvalue weighted by Crippen LogP contribution is 2.56. The number of carbonyl (C=O) groups excluding carboxylic acids is 2. The van der Waals surface area contributed by atoms with Crippen LogP contribution in [0.25, 0.3) is 0 Å². The Morgan fingerprint density at radius 1 is 1.46 bits per heavy atom. The van der Waals surface area contributed by atoms with Gasteiger partial charge in [-0.2, -0.15) is 0 Å². The van der Waals surface area contributed by atoms with Gasteiger partial charge in [-0.25, -0.2) is 0 Å². The lowest BCUT2D eigenvalue weighted by molar-refractivity contribution is -0.142. The quantitative estimate of drug-likeness (QED) is 0.471. The van der Waals surface area contributed by atoms with Crippen molar-refractivity contribution in [2.24, 2.45) is 11.3 Å². The molecular formula is C9H12ClNO2. The molecule has 0 radical (unpaired) electrons. The minimum atomic E-state index is -0.869. The van der Waals surface area contributed by atoms with E-state index in [1.54, 1.807) is 0 Å². The summed E-state index contributed by atoms with van der Waals surface area (Å²) >= 11 is 6.24. The van der Waals surface area contributed by atoms with E-state index in [9.17, 15) is 9.59 Å². The van der Waals surface area contributed by atoms with Gasteiger partial charge < -0.3 is 0 Å². The fourth-order valence-electron chi connectivity index (χ4n) is 2.47. The number of carbonyl (C=O) groups is 2. The molecular weight excluding hydrogens is 190 g/mol. The van der Waals surface area contributed by atoms with Crippen LogP contribution in [-0.4, -0.2) is 16.7 Å². The third-order valence-electron chi connectivity index (χ3n) is 3.58. The third kappa shape index (κ3) is 0.857. The van der Waals surface area contributed by atoms with E-state index < -0.39 is 10.3 Å². The lowest BCUT2D eigenvalue weighted by Gasteiger charge is -2.41. The maximum absolute atomic E-state index is 11.5. The Kier molecular flexibility index (Phi) is 1.57. The maximum Gasteiger partial charge on any atom is 0.248 e. The summed E-state index contributed by atoms with van der Waals surface area (Å²) < 4.78 is 0. The molecule has 0 spiro atoms. The highest BCUT2D eigenvalue weighted by atomic mass is 35.5. The van der Waals surface area contributed by atoms with Gasteiger partial charge in [0.15, 0.2) is 0 Å². The minimum absolute atomic E-state index is 0.109. The molecule has 1 aliphatic heterocycles. The Morgan fingerprint density at radius 2 is 2.08 bits per heavy atom. The number of nitrogens with one attached hydrogen (secondary N) is 1. The lowest BCUT2D eigenvalue weighted by Crippen LogP contribution is -2.59. The summed E-state index contributed by atoms with van der Waals surface area (Å²) in [6, 6.07) is 0. The van der Waals surface area contributed by atoms with E-state index in [4.69, 9.17) is 11.6 Å². The average molecular weight is 202 g/mol. The van der Waals surface area contributed by atoms with Crippen LogP contribution in [0, 0.1) is 11.3 Å². The molecule has 13 heavy (non-hydrogen) atoms. The summed E-state index contributed by atoms with van der Waals surface area (Å²) in [6.07, 6.45) is 1.32. The lowest BCUT2D eigenvalue weighted by atomic mass is 9.72. The van der Waals surface area contributed by atoms with Crippen molar-refractivity contribution in [1.82, 2.24) is 5.32 Å². The van der Waals surface area contributed by atoms with Gasteiger partial charge in [-0.3, -0.25) is 14.9 Å². The summed E-state index contributed by atoms with van der Waals surface area (Å²) in [5.74, 6) is -0.593. The molecule has 1 saturated carbocycles. The Balaban J connectivity index is 2.51. The van der Waals surface area contributed by atoms with Gasteiger partial charge in [0.05, 0.1) is 0 Å². The van der Waals surface area contributed by atoms with Crippen LogP contribution in [0.3, 0.4) is 0 Å². The number of piperidine rings is 1. The van der Waals surface area contributed by atoms with Crippen LogP contribution in [0.1, 0.15) is 26.7 Å². The van der Waals surface area contributed by atoms with Crippen LogP contribution in [0.15, 0.2) is 0 Å². The number of hydrogen-bond acceptors (Lipinski definition) is 2. The number of amides is 2. The molecule has 2 atom stereocenters. The fraction of sp³-hybridized carbons (Fsp3) is 0.778. The SMILES string of the molecule is CC1(C)C2CCC1(Cl)C(=O)NC2=O. The van der Waals surface area contributed by atoms with E-state index >= 15 is 0 Å². The van der Waals surface area contributed by atoms with Gasteiger partial charge in [0.25, 0.3) is 0 Å². The first-order chi connectivity index (χ1) is 5.89. The molecule has 2 rings (SSSR count). The Morgan fingerprint density at radius 3 is 2.69 bits per heavy atom. The molecule has 72 valence electrons. The number of fused-ring (bicyclic) bond motifs is 2. The number of halogens is 1. The second kappa shape index (κ2) is 2.27. The average Bonchev–Trinajstić information content (AvgIpc) is 2.16. The minimum Gasteiger partial charge on any atom is -0.295 e. The molecule has 2 fully saturated rings. The van der Waals surface area contributed by atoms with Gasteiger partial charge in [-0.15, -0.1) is 11.6 Å². The highest BCUT2D eigenvalue weighted by Gasteiger charge is 2.63. The molecule has 2 aliphatic rings. The standard InChI is InChI=1S/C9H12ClNO2/c1-8(2)5-3-4-9(8,10)7(13)11-6(5)12/h5H,3-4H2,1-2H3,(H,11,12,13). The van der Waals surface area contributed by atoms with Crippen molar-refractivity contribution in [3.63, 3.8) is 0 Å². The molecule has 1 N–H and O–H groups in total.